The van der Waals surface area contributed by atoms with E-state index in [1.807, 2.05) is 0 Å². The number of rotatable bonds is 11. The third kappa shape index (κ3) is 8.43. The monoisotopic (exact) mass is 801 g/mol. The predicted octanol–water partition coefficient (Wildman–Crippen LogP) is 9.04. The molecule has 3 aromatic heterocycles. The van der Waals surface area contributed by atoms with E-state index < -0.39 is 46.7 Å². The number of likely N-dealkylation sites (tertiary alicyclic amines) is 1. The van der Waals surface area contributed by atoms with Gasteiger partial charge in [-0.3, -0.25) is 14.7 Å². The van der Waals surface area contributed by atoms with Crippen LogP contribution in [0, 0.1) is 24.4 Å². The van der Waals surface area contributed by atoms with Crippen LogP contribution in [0.5, 0.6) is 0 Å². The number of esters is 1. The minimum atomic E-state index is -1.03. The standard InChI is InChI=1S/C42H42F3N5O6S/c1-6-54-39(52)35-34(31-15-16-32(57-31)37(51)46-22-24-9-14-27(44)28(45)20-24)33(38-49-48-23(2)55-38)29(21-42(17-18-42)25-10-12-26(43)13-11-25)47-36(35)30-8-7-19-50(30)40(53)56-41(3,4)5/h9-16,20,30H,6-8,17-19,21-22H2,1-5H3,(H,46,51)/t30-/m0/s1. The summed E-state index contributed by atoms with van der Waals surface area (Å²) in [6, 6.07) is 12.4. The number of nitrogens with zero attached hydrogens (tertiary/aromatic N) is 4. The van der Waals surface area contributed by atoms with Crippen molar-refractivity contribution >= 4 is 29.3 Å². The van der Waals surface area contributed by atoms with Gasteiger partial charge in [-0.15, -0.1) is 21.5 Å². The number of nitrogens with one attached hydrogen (secondary N) is 1. The molecule has 2 amide bonds. The lowest BCUT2D eigenvalue weighted by molar-refractivity contribution is 0.0217. The van der Waals surface area contributed by atoms with Crippen molar-refractivity contribution < 1.29 is 41.4 Å². The van der Waals surface area contributed by atoms with Gasteiger partial charge in [0.25, 0.3) is 5.91 Å². The molecule has 0 spiro atoms. The zero-order valence-electron chi connectivity index (χ0n) is 32.2. The molecule has 15 heteroatoms. The average Bonchev–Trinajstić information content (AvgIpc) is 3.51. The molecule has 1 atom stereocenters. The Bertz CT molecular complexity index is 2330. The lowest BCUT2D eigenvalue weighted by Gasteiger charge is -2.30. The molecule has 298 valence electrons. The molecule has 1 aliphatic carbocycles. The summed E-state index contributed by atoms with van der Waals surface area (Å²) in [4.78, 5) is 49.2. The molecule has 1 N–H and O–H groups in total. The summed E-state index contributed by atoms with van der Waals surface area (Å²) >= 11 is 1.09. The number of hydrogen-bond acceptors (Lipinski definition) is 10. The summed E-state index contributed by atoms with van der Waals surface area (Å²) in [5.41, 5.74) is 1.66. The van der Waals surface area contributed by atoms with Crippen LogP contribution < -0.4 is 5.32 Å². The van der Waals surface area contributed by atoms with Gasteiger partial charge in [0.1, 0.15) is 11.4 Å². The molecule has 0 radical (unpaired) electrons. The number of hydrogen-bond donors (Lipinski definition) is 1. The molecule has 0 unspecified atom stereocenters. The number of halogens is 3. The van der Waals surface area contributed by atoms with Crippen LogP contribution >= 0.6 is 11.3 Å². The van der Waals surface area contributed by atoms with Gasteiger partial charge in [-0.05, 0) is 101 Å². The average molecular weight is 802 g/mol. The first kappa shape index (κ1) is 39.7. The van der Waals surface area contributed by atoms with E-state index in [9.17, 15) is 27.6 Å². The highest BCUT2D eigenvalue weighted by Crippen LogP contribution is 2.53. The fourth-order valence-electron chi connectivity index (χ4n) is 7.25. The number of pyridine rings is 1. The van der Waals surface area contributed by atoms with Crippen LogP contribution in [-0.2, 0) is 27.9 Å². The van der Waals surface area contributed by atoms with Gasteiger partial charge in [-0.2, -0.15) is 0 Å². The molecule has 2 aliphatic rings. The van der Waals surface area contributed by atoms with Gasteiger partial charge in [0.05, 0.1) is 40.0 Å². The summed E-state index contributed by atoms with van der Waals surface area (Å²) in [5.74, 6) is -3.22. The molecule has 11 nitrogen and oxygen atoms in total. The van der Waals surface area contributed by atoms with E-state index in [1.165, 1.54) is 18.2 Å². The van der Waals surface area contributed by atoms with Gasteiger partial charge in [0.2, 0.25) is 11.8 Å². The topological polar surface area (TPSA) is 137 Å². The summed E-state index contributed by atoms with van der Waals surface area (Å²) in [6.45, 7) is 8.99. The van der Waals surface area contributed by atoms with Gasteiger partial charge in [0.15, 0.2) is 11.6 Å². The Kier molecular flexibility index (Phi) is 11.0. The van der Waals surface area contributed by atoms with Gasteiger partial charge < -0.3 is 19.2 Å². The van der Waals surface area contributed by atoms with Crippen molar-refractivity contribution in [1.82, 2.24) is 25.4 Å². The maximum Gasteiger partial charge on any atom is 0.410 e. The van der Waals surface area contributed by atoms with E-state index >= 15 is 0 Å². The minimum Gasteiger partial charge on any atom is -0.462 e. The SMILES string of the molecule is CCOC(=O)c1c([C@@H]2CCCN2C(=O)OC(C)(C)C)nc(CC2(c3ccc(F)cc3)CC2)c(-c2nnc(C)o2)c1-c1ccc(C(=O)NCc2ccc(F)c(F)c2)s1. The van der Waals surface area contributed by atoms with Gasteiger partial charge >= 0.3 is 12.1 Å². The molecule has 2 aromatic carbocycles. The smallest absolute Gasteiger partial charge is 0.410 e. The van der Waals surface area contributed by atoms with Crippen molar-refractivity contribution in [2.45, 2.75) is 90.3 Å². The fourth-order valence-corrected chi connectivity index (χ4v) is 8.23. The predicted molar refractivity (Wildman–Crippen MR) is 205 cm³/mol. The minimum absolute atomic E-state index is 0.0324. The highest BCUT2D eigenvalue weighted by atomic mass is 32.1. The molecule has 1 saturated carbocycles. The van der Waals surface area contributed by atoms with E-state index in [0.29, 0.717) is 58.8 Å². The number of carbonyl (C=O) groups excluding carboxylic acids is 3. The number of aromatic nitrogens is 3. The van der Waals surface area contributed by atoms with Crippen molar-refractivity contribution in [2.75, 3.05) is 13.2 Å². The van der Waals surface area contributed by atoms with Crippen molar-refractivity contribution in [3.8, 4) is 21.9 Å². The number of amides is 2. The normalized spacial score (nSPS) is 16.1. The first-order valence-corrected chi connectivity index (χ1v) is 19.6. The Morgan fingerprint density at radius 2 is 1.75 bits per heavy atom. The summed E-state index contributed by atoms with van der Waals surface area (Å²) in [5, 5.41) is 11.3. The zero-order valence-corrected chi connectivity index (χ0v) is 33.0. The van der Waals surface area contributed by atoms with E-state index in [1.54, 1.807) is 63.8 Å². The van der Waals surface area contributed by atoms with E-state index in [0.717, 1.165) is 41.9 Å². The van der Waals surface area contributed by atoms with E-state index in [-0.39, 0.29) is 41.2 Å². The highest BCUT2D eigenvalue weighted by Gasteiger charge is 2.47. The van der Waals surface area contributed by atoms with E-state index in [4.69, 9.17) is 18.9 Å². The molecular formula is C42H42F3N5O6S. The van der Waals surface area contributed by atoms with Gasteiger partial charge in [-0.25, -0.2) is 22.8 Å². The number of thiophene rings is 1. The van der Waals surface area contributed by atoms with E-state index in [2.05, 4.69) is 15.5 Å². The second-order valence-electron chi connectivity index (χ2n) is 15.3. The molecule has 7 rings (SSSR count). The zero-order chi connectivity index (χ0) is 40.6. The second-order valence-corrected chi connectivity index (χ2v) is 16.4. The summed E-state index contributed by atoms with van der Waals surface area (Å²) in [6.07, 6.45) is 2.43. The lowest BCUT2D eigenvalue weighted by Crippen LogP contribution is -2.37. The summed E-state index contributed by atoms with van der Waals surface area (Å²) in [7, 11) is 0. The van der Waals surface area contributed by atoms with Crippen LogP contribution in [0.25, 0.3) is 21.9 Å². The highest BCUT2D eigenvalue weighted by molar-refractivity contribution is 7.17. The maximum atomic E-state index is 14.4. The largest absolute Gasteiger partial charge is 0.462 e. The van der Waals surface area contributed by atoms with Crippen molar-refractivity contribution in [2.24, 2.45) is 0 Å². The van der Waals surface area contributed by atoms with Crippen LogP contribution in [0.4, 0.5) is 18.0 Å². The van der Waals surface area contributed by atoms with Gasteiger partial charge in [0, 0.05) is 42.3 Å². The quantitative estimate of drug-likeness (QED) is 0.130. The van der Waals surface area contributed by atoms with Crippen LogP contribution in [0.2, 0.25) is 0 Å². The van der Waals surface area contributed by atoms with Crippen LogP contribution in [0.3, 0.4) is 0 Å². The second kappa shape index (κ2) is 15.8. The number of benzene rings is 2. The molecule has 57 heavy (non-hydrogen) atoms. The van der Waals surface area contributed by atoms with Crippen LogP contribution in [0.1, 0.15) is 108 Å². The molecule has 1 saturated heterocycles. The molecule has 0 bridgehead atoms. The van der Waals surface area contributed by atoms with Crippen LogP contribution in [-0.4, -0.2) is 56.8 Å². The third-order valence-electron chi connectivity index (χ3n) is 10.0. The third-order valence-corrected chi connectivity index (χ3v) is 11.1. The van der Waals surface area contributed by atoms with Crippen molar-refractivity contribution in [3.05, 3.63) is 111 Å². The Morgan fingerprint density at radius 3 is 2.40 bits per heavy atom. The Balaban J connectivity index is 1.42. The molecular weight excluding hydrogens is 760 g/mol. The van der Waals surface area contributed by atoms with Crippen molar-refractivity contribution in [3.63, 3.8) is 0 Å². The molecule has 2 fully saturated rings. The Morgan fingerprint density at radius 1 is 1.00 bits per heavy atom. The van der Waals surface area contributed by atoms with Gasteiger partial charge in [-0.1, -0.05) is 18.2 Å². The Hall–Kier alpha value is -5.57. The Labute approximate surface area is 331 Å². The molecule has 4 heterocycles. The maximum absolute atomic E-state index is 14.4. The summed E-state index contributed by atoms with van der Waals surface area (Å²) < 4.78 is 59.2. The van der Waals surface area contributed by atoms with Crippen molar-refractivity contribution in [1.29, 1.82) is 0 Å². The fraction of sp³-hybridized carbons (Fsp3) is 0.381. The number of aryl methyl sites for hydroxylation is 1. The molecule has 5 aromatic rings. The number of carbonyl (C=O) groups is 3. The lowest BCUT2D eigenvalue weighted by atomic mass is 9.86. The van der Waals surface area contributed by atoms with Crippen LogP contribution in [0.15, 0.2) is 59.0 Å². The number of ether oxygens (including phenoxy) is 2. The first-order valence-electron chi connectivity index (χ1n) is 18.8. The molecule has 1 aliphatic heterocycles. The first-order chi connectivity index (χ1) is 27.2.